The third kappa shape index (κ3) is 3.15. The third-order valence-electron chi connectivity index (χ3n) is 2.85. The van der Waals surface area contributed by atoms with Crippen LogP contribution in [0.5, 0.6) is 0 Å². The van der Waals surface area contributed by atoms with E-state index in [0.29, 0.717) is 0 Å². The van der Waals surface area contributed by atoms with E-state index in [2.05, 4.69) is 53.0 Å². The van der Waals surface area contributed by atoms with Gasteiger partial charge in [0, 0.05) is 0 Å². The molecule has 0 amide bonds. The molecular formula is C14H19N3S. The largest absolute Gasteiger partial charge is 0.305 e. The summed E-state index contributed by atoms with van der Waals surface area (Å²) in [6, 6.07) is 6.79. The van der Waals surface area contributed by atoms with Crippen LogP contribution >= 0.6 is 11.7 Å². The summed E-state index contributed by atoms with van der Waals surface area (Å²) >= 11 is 1.26. The van der Waals surface area contributed by atoms with Crippen LogP contribution in [0.4, 0.5) is 0 Å². The Morgan fingerprint density at radius 1 is 1.22 bits per heavy atom. The second-order valence-corrected chi connectivity index (χ2v) is 5.20. The highest BCUT2D eigenvalue weighted by atomic mass is 32.1. The van der Waals surface area contributed by atoms with Crippen molar-refractivity contribution >= 4 is 11.7 Å². The molecule has 1 aromatic heterocycles. The molecule has 3 nitrogen and oxygen atoms in total. The lowest BCUT2D eigenvalue weighted by molar-refractivity contribution is 0.589. The van der Waals surface area contributed by atoms with Gasteiger partial charge in [0.1, 0.15) is 0 Å². The van der Waals surface area contributed by atoms with Crippen molar-refractivity contribution in [1.82, 2.24) is 14.1 Å². The van der Waals surface area contributed by atoms with Crippen molar-refractivity contribution < 1.29 is 0 Å². The Balaban J connectivity index is 2.33. The summed E-state index contributed by atoms with van der Waals surface area (Å²) in [6.07, 6.45) is 2.97. The molecule has 2 rings (SSSR count). The van der Waals surface area contributed by atoms with Crippen LogP contribution in [0.25, 0.3) is 0 Å². The average molecular weight is 261 g/mol. The van der Waals surface area contributed by atoms with Crippen LogP contribution in [0, 0.1) is 13.8 Å². The zero-order valence-corrected chi connectivity index (χ0v) is 11.9. The van der Waals surface area contributed by atoms with E-state index >= 15 is 0 Å². The van der Waals surface area contributed by atoms with Crippen molar-refractivity contribution in [2.75, 3.05) is 6.54 Å². The first kappa shape index (κ1) is 13.2. The zero-order chi connectivity index (χ0) is 13.0. The predicted molar refractivity (Wildman–Crippen MR) is 76.0 cm³/mol. The van der Waals surface area contributed by atoms with E-state index in [9.17, 15) is 0 Å². The minimum atomic E-state index is 0.155. The van der Waals surface area contributed by atoms with E-state index in [1.165, 1.54) is 28.4 Å². The van der Waals surface area contributed by atoms with Gasteiger partial charge in [0.25, 0.3) is 0 Å². The molecule has 0 radical (unpaired) electrons. The predicted octanol–water partition coefficient (Wildman–Crippen LogP) is 3.24. The first-order chi connectivity index (χ1) is 8.70. The number of aryl methyl sites for hydroxylation is 2. The van der Waals surface area contributed by atoms with Crippen LogP contribution in [-0.4, -0.2) is 15.3 Å². The number of rotatable bonds is 5. The van der Waals surface area contributed by atoms with E-state index in [-0.39, 0.29) is 6.04 Å². The SMILES string of the molecule is CCCNC(c1cc(C)cc(C)c1)c1cnsn1. The van der Waals surface area contributed by atoms with Gasteiger partial charge in [-0.25, -0.2) is 0 Å². The Labute approximate surface area is 113 Å². The molecule has 0 spiro atoms. The van der Waals surface area contributed by atoms with Gasteiger partial charge in [-0.2, -0.15) is 8.75 Å². The fourth-order valence-electron chi connectivity index (χ4n) is 2.16. The van der Waals surface area contributed by atoms with Gasteiger partial charge in [-0.1, -0.05) is 36.2 Å². The number of hydrogen-bond acceptors (Lipinski definition) is 4. The van der Waals surface area contributed by atoms with Gasteiger partial charge in [0.15, 0.2) is 0 Å². The second-order valence-electron chi connectivity index (χ2n) is 4.64. The highest BCUT2D eigenvalue weighted by Gasteiger charge is 2.16. The van der Waals surface area contributed by atoms with Crippen LogP contribution < -0.4 is 5.32 Å². The lowest BCUT2D eigenvalue weighted by Gasteiger charge is -2.17. The smallest absolute Gasteiger partial charge is 0.0957 e. The summed E-state index contributed by atoms with van der Waals surface area (Å²) in [4.78, 5) is 0. The van der Waals surface area contributed by atoms with Crippen LogP contribution in [-0.2, 0) is 0 Å². The number of benzene rings is 1. The Morgan fingerprint density at radius 3 is 2.50 bits per heavy atom. The fourth-order valence-corrected chi connectivity index (χ4v) is 2.61. The maximum atomic E-state index is 4.37. The zero-order valence-electron chi connectivity index (χ0n) is 11.1. The van der Waals surface area contributed by atoms with E-state index in [1.54, 1.807) is 0 Å². The third-order valence-corrected chi connectivity index (χ3v) is 3.34. The molecule has 0 saturated heterocycles. The van der Waals surface area contributed by atoms with E-state index in [4.69, 9.17) is 0 Å². The molecule has 18 heavy (non-hydrogen) atoms. The van der Waals surface area contributed by atoms with E-state index < -0.39 is 0 Å². The van der Waals surface area contributed by atoms with Crippen molar-refractivity contribution in [3.63, 3.8) is 0 Å². The summed E-state index contributed by atoms with van der Waals surface area (Å²) in [7, 11) is 0. The topological polar surface area (TPSA) is 37.8 Å². The van der Waals surface area contributed by atoms with Crippen LogP contribution in [0.1, 0.15) is 41.8 Å². The molecule has 0 fully saturated rings. The number of nitrogens with zero attached hydrogens (tertiary/aromatic N) is 2. The van der Waals surface area contributed by atoms with Crippen LogP contribution in [0.2, 0.25) is 0 Å². The molecule has 4 heteroatoms. The van der Waals surface area contributed by atoms with Crippen molar-refractivity contribution in [2.24, 2.45) is 0 Å². The van der Waals surface area contributed by atoms with Crippen molar-refractivity contribution in [2.45, 2.75) is 33.2 Å². The maximum Gasteiger partial charge on any atom is 0.0957 e. The second kappa shape index (κ2) is 6.07. The lowest BCUT2D eigenvalue weighted by atomic mass is 9.99. The molecular weight excluding hydrogens is 242 g/mol. The Morgan fingerprint density at radius 2 is 1.94 bits per heavy atom. The number of hydrogen-bond donors (Lipinski definition) is 1. The normalized spacial score (nSPS) is 12.6. The molecule has 1 aromatic carbocycles. The average Bonchev–Trinajstić information content (AvgIpc) is 2.82. The molecule has 96 valence electrons. The number of aromatic nitrogens is 2. The lowest BCUT2D eigenvalue weighted by Crippen LogP contribution is -2.23. The highest BCUT2D eigenvalue weighted by molar-refractivity contribution is 6.99. The molecule has 0 aliphatic heterocycles. The van der Waals surface area contributed by atoms with E-state index in [0.717, 1.165) is 18.7 Å². The van der Waals surface area contributed by atoms with Gasteiger partial charge >= 0.3 is 0 Å². The van der Waals surface area contributed by atoms with Crippen LogP contribution in [0.15, 0.2) is 24.4 Å². The monoisotopic (exact) mass is 261 g/mol. The molecule has 1 heterocycles. The standard InChI is InChI=1S/C14H19N3S/c1-4-5-15-14(13-9-16-18-17-13)12-7-10(2)6-11(3)8-12/h6-9,14-15H,4-5H2,1-3H3. The summed E-state index contributed by atoms with van der Waals surface area (Å²) < 4.78 is 8.49. The van der Waals surface area contributed by atoms with Crippen molar-refractivity contribution in [1.29, 1.82) is 0 Å². The Bertz CT molecular complexity index is 473. The van der Waals surface area contributed by atoms with Crippen LogP contribution in [0.3, 0.4) is 0 Å². The molecule has 0 bridgehead atoms. The first-order valence-corrected chi connectivity index (χ1v) is 7.02. The minimum absolute atomic E-state index is 0.155. The van der Waals surface area contributed by atoms with Gasteiger partial charge in [-0.05, 0) is 32.4 Å². The van der Waals surface area contributed by atoms with Gasteiger partial charge < -0.3 is 5.32 Å². The fraction of sp³-hybridized carbons (Fsp3) is 0.429. The summed E-state index contributed by atoms with van der Waals surface area (Å²) in [5.74, 6) is 0. The van der Waals surface area contributed by atoms with Crippen molar-refractivity contribution in [3.05, 3.63) is 46.8 Å². The quantitative estimate of drug-likeness (QED) is 0.898. The molecule has 0 aliphatic rings. The first-order valence-electron chi connectivity index (χ1n) is 6.29. The maximum absolute atomic E-state index is 4.37. The van der Waals surface area contributed by atoms with Gasteiger partial charge in [-0.15, -0.1) is 0 Å². The summed E-state index contributed by atoms with van der Waals surface area (Å²) in [5.41, 5.74) is 4.86. The highest BCUT2D eigenvalue weighted by Crippen LogP contribution is 2.23. The molecule has 1 atom stereocenters. The van der Waals surface area contributed by atoms with Gasteiger partial charge in [0.2, 0.25) is 0 Å². The Kier molecular flexibility index (Phi) is 4.44. The van der Waals surface area contributed by atoms with Crippen molar-refractivity contribution in [3.8, 4) is 0 Å². The molecule has 1 unspecified atom stereocenters. The molecule has 0 aliphatic carbocycles. The molecule has 1 N–H and O–H groups in total. The minimum Gasteiger partial charge on any atom is -0.305 e. The Hall–Kier alpha value is -1.26. The summed E-state index contributed by atoms with van der Waals surface area (Å²) in [5, 5.41) is 3.55. The number of nitrogens with one attached hydrogen (secondary N) is 1. The van der Waals surface area contributed by atoms with E-state index in [1.807, 2.05) is 6.20 Å². The van der Waals surface area contributed by atoms with Gasteiger partial charge in [0.05, 0.1) is 29.7 Å². The van der Waals surface area contributed by atoms with Gasteiger partial charge in [-0.3, -0.25) is 0 Å². The molecule has 2 aromatic rings. The molecule has 0 saturated carbocycles. The summed E-state index contributed by atoms with van der Waals surface area (Å²) in [6.45, 7) is 7.42.